The average molecular weight is 269 g/mol. The molecule has 1 N–H and O–H groups in total. The number of methoxy groups -OCH3 is 1. The van der Waals surface area contributed by atoms with Gasteiger partial charge in [-0.3, -0.25) is 0 Å². The van der Waals surface area contributed by atoms with E-state index >= 15 is 0 Å². The fourth-order valence-electron chi connectivity index (χ4n) is 3.10. The van der Waals surface area contributed by atoms with Crippen LogP contribution < -0.4 is 5.32 Å². The summed E-state index contributed by atoms with van der Waals surface area (Å²) in [5.41, 5.74) is 0.112. The quantitative estimate of drug-likeness (QED) is 0.882. The van der Waals surface area contributed by atoms with Crippen LogP contribution in [0.2, 0.25) is 0 Å². The summed E-state index contributed by atoms with van der Waals surface area (Å²) in [4.78, 5) is 0. The molecule has 0 radical (unpaired) electrons. The van der Waals surface area contributed by atoms with Crippen LogP contribution in [0.3, 0.4) is 0 Å². The smallest absolute Gasteiger partial charge is 0.131 e. The first kappa shape index (κ1) is 14.4. The van der Waals surface area contributed by atoms with Crippen LogP contribution >= 0.6 is 0 Å². The molecule has 0 aliphatic heterocycles. The summed E-state index contributed by atoms with van der Waals surface area (Å²) < 4.78 is 32.8. The summed E-state index contributed by atoms with van der Waals surface area (Å²) in [7, 11) is 1.68. The van der Waals surface area contributed by atoms with Gasteiger partial charge in [0, 0.05) is 18.7 Å². The van der Waals surface area contributed by atoms with Gasteiger partial charge >= 0.3 is 0 Å². The first-order valence-corrected chi connectivity index (χ1v) is 6.86. The van der Waals surface area contributed by atoms with Gasteiger partial charge in [0.2, 0.25) is 0 Å². The van der Waals surface area contributed by atoms with Crippen molar-refractivity contribution in [3.63, 3.8) is 0 Å². The molecule has 19 heavy (non-hydrogen) atoms. The molecule has 1 fully saturated rings. The van der Waals surface area contributed by atoms with Gasteiger partial charge in [0.1, 0.15) is 11.6 Å². The van der Waals surface area contributed by atoms with Crippen LogP contribution in [-0.2, 0) is 4.74 Å². The van der Waals surface area contributed by atoms with Gasteiger partial charge < -0.3 is 10.1 Å². The highest BCUT2D eigenvalue weighted by molar-refractivity contribution is 5.26. The van der Waals surface area contributed by atoms with E-state index in [4.69, 9.17) is 4.74 Å². The molecule has 1 aromatic rings. The third-order valence-corrected chi connectivity index (χ3v) is 4.06. The molecule has 0 spiro atoms. The van der Waals surface area contributed by atoms with Gasteiger partial charge in [-0.15, -0.1) is 0 Å². The number of hydrogen-bond donors (Lipinski definition) is 1. The summed E-state index contributed by atoms with van der Waals surface area (Å²) in [6, 6.07) is 3.54. The fraction of sp³-hybridized carbons (Fsp3) is 0.600. The molecule has 1 unspecified atom stereocenters. The van der Waals surface area contributed by atoms with Crippen LogP contribution in [0.5, 0.6) is 0 Å². The number of likely N-dealkylation sites (N-methyl/N-ethyl adjacent to an activating group) is 1. The maximum Gasteiger partial charge on any atom is 0.131 e. The van der Waals surface area contributed by atoms with E-state index in [9.17, 15) is 8.78 Å². The molecule has 0 bridgehead atoms. The number of halogens is 2. The molecule has 1 aromatic carbocycles. The normalized spacial score (nSPS) is 19.6. The van der Waals surface area contributed by atoms with Gasteiger partial charge in [-0.25, -0.2) is 8.78 Å². The van der Waals surface area contributed by atoms with Crippen LogP contribution in [0.4, 0.5) is 8.78 Å². The van der Waals surface area contributed by atoms with E-state index in [0.717, 1.165) is 31.7 Å². The maximum absolute atomic E-state index is 14.0. The molecule has 1 saturated carbocycles. The SMILES string of the molecule is CCNC(c1ccc(F)cc1F)C1(OC)CCCC1. The molecule has 2 rings (SSSR count). The highest BCUT2D eigenvalue weighted by Crippen LogP contribution is 2.43. The fourth-order valence-corrected chi connectivity index (χ4v) is 3.10. The standard InChI is InChI=1S/C15H21F2NO/c1-3-18-14(15(19-2)8-4-5-9-15)12-7-6-11(16)10-13(12)17/h6-7,10,14,18H,3-5,8-9H2,1-2H3. The molecule has 0 heterocycles. The van der Waals surface area contributed by atoms with Gasteiger partial charge in [0.25, 0.3) is 0 Å². The Labute approximate surface area is 113 Å². The lowest BCUT2D eigenvalue weighted by Crippen LogP contribution is -2.44. The van der Waals surface area contributed by atoms with Crippen molar-refractivity contribution < 1.29 is 13.5 Å². The van der Waals surface area contributed by atoms with Crippen molar-refractivity contribution in [1.82, 2.24) is 5.32 Å². The number of ether oxygens (including phenoxy) is 1. The highest BCUT2D eigenvalue weighted by atomic mass is 19.1. The Balaban J connectivity index is 2.38. The first-order valence-electron chi connectivity index (χ1n) is 6.86. The molecular formula is C15H21F2NO. The molecule has 1 aliphatic carbocycles. The van der Waals surface area contributed by atoms with E-state index < -0.39 is 11.6 Å². The average Bonchev–Trinajstić information content (AvgIpc) is 2.87. The van der Waals surface area contributed by atoms with E-state index in [1.54, 1.807) is 7.11 Å². The largest absolute Gasteiger partial charge is 0.376 e. The second kappa shape index (κ2) is 5.97. The summed E-state index contributed by atoms with van der Waals surface area (Å²) in [6.07, 6.45) is 3.97. The molecule has 0 saturated heterocycles. The molecular weight excluding hydrogens is 248 g/mol. The van der Waals surface area contributed by atoms with E-state index in [1.807, 2.05) is 6.92 Å². The van der Waals surface area contributed by atoms with Crippen molar-refractivity contribution in [3.05, 3.63) is 35.4 Å². The second-order valence-corrected chi connectivity index (χ2v) is 5.13. The van der Waals surface area contributed by atoms with E-state index in [-0.39, 0.29) is 11.6 Å². The molecule has 0 amide bonds. The Kier molecular flexibility index (Phi) is 4.53. The lowest BCUT2D eigenvalue weighted by Gasteiger charge is -2.37. The van der Waals surface area contributed by atoms with Gasteiger partial charge in [-0.05, 0) is 25.5 Å². The minimum Gasteiger partial charge on any atom is -0.376 e. The van der Waals surface area contributed by atoms with Crippen LogP contribution in [0.25, 0.3) is 0 Å². The van der Waals surface area contributed by atoms with E-state index in [2.05, 4.69) is 5.32 Å². The molecule has 4 heteroatoms. The minimum atomic E-state index is -0.547. The zero-order valence-electron chi connectivity index (χ0n) is 11.5. The summed E-state index contributed by atoms with van der Waals surface area (Å²) in [5, 5.41) is 3.31. The maximum atomic E-state index is 14.0. The van der Waals surface area contributed by atoms with Gasteiger partial charge in [-0.2, -0.15) is 0 Å². The zero-order chi connectivity index (χ0) is 13.9. The third kappa shape index (κ3) is 2.79. The predicted molar refractivity (Wildman–Crippen MR) is 71.0 cm³/mol. The Hall–Kier alpha value is -1.00. The van der Waals surface area contributed by atoms with Crippen LogP contribution in [0.15, 0.2) is 18.2 Å². The van der Waals surface area contributed by atoms with Gasteiger partial charge in [-0.1, -0.05) is 25.8 Å². The molecule has 0 aromatic heterocycles. The predicted octanol–water partition coefficient (Wildman–Crippen LogP) is 3.57. The van der Waals surface area contributed by atoms with Gasteiger partial charge in [0.15, 0.2) is 0 Å². The number of benzene rings is 1. The van der Waals surface area contributed by atoms with Crippen LogP contribution in [-0.4, -0.2) is 19.3 Å². The summed E-state index contributed by atoms with van der Waals surface area (Å²) >= 11 is 0. The minimum absolute atomic E-state index is 0.231. The van der Waals surface area contributed by atoms with Crippen molar-refractivity contribution in [3.8, 4) is 0 Å². The van der Waals surface area contributed by atoms with Crippen molar-refractivity contribution >= 4 is 0 Å². The summed E-state index contributed by atoms with van der Waals surface area (Å²) in [5.74, 6) is -1.05. The van der Waals surface area contributed by atoms with Crippen molar-refractivity contribution in [2.24, 2.45) is 0 Å². The molecule has 2 nitrogen and oxygen atoms in total. The molecule has 106 valence electrons. The number of rotatable bonds is 5. The Morgan fingerprint density at radius 1 is 1.32 bits per heavy atom. The van der Waals surface area contributed by atoms with Crippen molar-refractivity contribution in [1.29, 1.82) is 0 Å². The first-order chi connectivity index (χ1) is 9.13. The Morgan fingerprint density at radius 2 is 2.00 bits per heavy atom. The summed E-state index contributed by atoms with van der Waals surface area (Å²) in [6.45, 7) is 2.69. The molecule has 1 atom stereocenters. The second-order valence-electron chi connectivity index (χ2n) is 5.13. The van der Waals surface area contributed by atoms with Crippen molar-refractivity contribution in [2.75, 3.05) is 13.7 Å². The van der Waals surface area contributed by atoms with Crippen LogP contribution in [0, 0.1) is 11.6 Å². The third-order valence-electron chi connectivity index (χ3n) is 4.06. The van der Waals surface area contributed by atoms with Crippen molar-refractivity contribution in [2.45, 2.75) is 44.2 Å². The number of hydrogen-bond acceptors (Lipinski definition) is 2. The lowest BCUT2D eigenvalue weighted by atomic mass is 9.86. The lowest BCUT2D eigenvalue weighted by molar-refractivity contribution is -0.0372. The topological polar surface area (TPSA) is 21.3 Å². The van der Waals surface area contributed by atoms with Gasteiger partial charge in [0.05, 0.1) is 11.6 Å². The Bertz CT molecular complexity index is 430. The monoisotopic (exact) mass is 269 g/mol. The van der Waals surface area contributed by atoms with E-state index in [0.29, 0.717) is 12.1 Å². The van der Waals surface area contributed by atoms with E-state index in [1.165, 1.54) is 12.1 Å². The Morgan fingerprint density at radius 3 is 2.53 bits per heavy atom. The van der Waals surface area contributed by atoms with Crippen LogP contribution in [0.1, 0.15) is 44.2 Å². The number of nitrogens with one attached hydrogen (secondary N) is 1. The molecule has 1 aliphatic rings. The zero-order valence-corrected chi connectivity index (χ0v) is 11.5. The highest BCUT2D eigenvalue weighted by Gasteiger charge is 2.43.